The lowest BCUT2D eigenvalue weighted by atomic mass is 10.0. The first-order valence-electron chi connectivity index (χ1n) is 4.45. The van der Waals surface area contributed by atoms with Crippen LogP contribution in [-0.2, 0) is 0 Å². The Morgan fingerprint density at radius 3 is 2.71 bits per heavy atom. The number of halogens is 1. The number of nitrogens with one attached hydrogen (secondary N) is 1. The molecule has 72 valence electrons. The number of aryl methyl sites for hydroxylation is 1. The van der Waals surface area contributed by atoms with E-state index in [0.29, 0.717) is 5.02 Å². The maximum Gasteiger partial charge on any atom is 0.0863 e. The van der Waals surface area contributed by atoms with Gasteiger partial charge in [-0.1, -0.05) is 29.8 Å². The van der Waals surface area contributed by atoms with Crippen molar-refractivity contribution >= 4 is 11.6 Å². The van der Waals surface area contributed by atoms with Crippen LogP contribution in [0.3, 0.4) is 0 Å². The average Bonchev–Trinajstić information content (AvgIpc) is 2.57. The minimum absolute atomic E-state index is 0.665. The second-order valence-corrected chi connectivity index (χ2v) is 3.75. The van der Waals surface area contributed by atoms with Crippen LogP contribution in [0.25, 0.3) is 11.3 Å². The number of hydrogen-bond donors (Lipinski definition) is 1. The van der Waals surface area contributed by atoms with Crippen molar-refractivity contribution in [2.75, 3.05) is 0 Å². The van der Waals surface area contributed by atoms with E-state index in [-0.39, 0.29) is 0 Å². The first-order chi connectivity index (χ1) is 6.70. The van der Waals surface area contributed by atoms with Gasteiger partial charge in [0.25, 0.3) is 0 Å². The van der Waals surface area contributed by atoms with Gasteiger partial charge in [-0.05, 0) is 25.0 Å². The zero-order chi connectivity index (χ0) is 10.1. The Kier molecular flexibility index (Phi) is 2.30. The van der Waals surface area contributed by atoms with Crippen molar-refractivity contribution in [3.63, 3.8) is 0 Å². The fourth-order valence-corrected chi connectivity index (χ4v) is 1.68. The van der Waals surface area contributed by atoms with Crippen molar-refractivity contribution in [1.29, 1.82) is 0 Å². The molecular formula is C11H11ClN2. The molecule has 0 spiro atoms. The van der Waals surface area contributed by atoms with Crippen molar-refractivity contribution in [2.45, 2.75) is 13.8 Å². The summed E-state index contributed by atoms with van der Waals surface area (Å²) in [6.07, 6.45) is 1.62. The number of aromatic amines is 1. The molecule has 0 aliphatic heterocycles. The Labute approximate surface area is 87.9 Å². The van der Waals surface area contributed by atoms with Crippen molar-refractivity contribution in [3.05, 3.63) is 40.5 Å². The van der Waals surface area contributed by atoms with E-state index in [2.05, 4.69) is 30.1 Å². The molecule has 1 aromatic carbocycles. The molecule has 1 aromatic heterocycles. The van der Waals surface area contributed by atoms with E-state index in [1.165, 1.54) is 11.1 Å². The summed E-state index contributed by atoms with van der Waals surface area (Å²) in [5.74, 6) is 0. The average molecular weight is 207 g/mol. The Morgan fingerprint density at radius 2 is 2.07 bits per heavy atom. The number of rotatable bonds is 1. The molecule has 0 saturated carbocycles. The van der Waals surface area contributed by atoms with Gasteiger partial charge in [-0.2, -0.15) is 5.10 Å². The summed E-state index contributed by atoms with van der Waals surface area (Å²) >= 11 is 6.00. The molecule has 2 nitrogen and oxygen atoms in total. The van der Waals surface area contributed by atoms with Crippen LogP contribution in [0.5, 0.6) is 0 Å². The fourth-order valence-electron chi connectivity index (χ4n) is 1.48. The maximum atomic E-state index is 6.00. The van der Waals surface area contributed by atoms with E-state index in [9.17, 15) is 0 Å². The van der Waals surface area contributed by atoms with Gasteiger partial charge in [0, 0.05) is 5.56 Å². The van der Waals surface area contributed by atoms with Crippen LogP contribution in [0.1, 0.15) is 11.1 Å². The summed E-state index contributed by atoms with van der Waals surface area (Å²) in [6.45, 7) is 4.17. The van der Waals surface area contributed by atoms with Crippen LogP contribution in [-0.4, -0.2) is 10.2 Å². The highest BCUT2D eigenvalue weighted by atomic mass is 35.5. The van der Waals surface area contributed by atoms with Gasteiger partial charge in [0.15, 0.2) is 0 Å². The quantitative estimate of drug-likeness (QED) is 0.762. The lowest BCUT2D eigenvalue weighted by Crippen LogP contribution is -1.87. The van der Waals surface area contributed by atoms with Gasteiger partial charge in [-0.15, -0.1) is 0 Å². The molecule has 0 bridgehead atoms. The van der Waals surface area contributed by atoms with Crippen LogP contribution in [0, 0.1) is 13.8 Å². The zero-order valence-electron chi connectivity index (χ0n) is 8.13. The normalized spacial score (nSPS) is 10.5. The van der Waals surface area contributed by atoms with Crippen LogP contribution in [0.15, 0.2) is 24.4 Å². The molecule has 0 fully saturated rings. The van der Waals surface area contributed by atoms with Crippen molar-refractivity contribution in [2.24, 2.45) is 0 Å². The van der Waals surface area contributed by atoms with Gasteiger partial charge >= 0.3 is 0 Å². The Balaban J connectivity index is 2.63. The number of nitrogens with zero attached hydrogens (tertiary/aromatic N) is 1. The molecule has 1 heterocycles. The van der Waals surface area contributed by atoms with Gasteiger partial charge in [0.1, 0.15) is 0 Å². The third-order valence-corrected chi connectivity index (χ3v) is 2.75. The lowest BCUT2D eigenvalue weighted by molar-refractivity contribution is 1.09. The third kappa shape index (κ3) is 1.42. The minimum atomic E-state index is 0.665. The predicted molar refractivity (Wildman–Crippen MR) is 58.5 cm³/mol. The van der Waals surface area contributed by atoms with Crippen LogP contribution < -0.4 is 0 Å². The topological polar surface area (TPSA) is 28.7 Å². The summed E-state index contributed by atoms with van der Waals surface area (Å²) < 4.78 is 0. The molecular weight excluding hydrogens is 196 g/mol. The predicted octanol–water partition coefficient (Wildman–Crippen LogP) is 3.35. The molecule has 0 unspecified atom stereocenters. The van der Waals surface area contributed by atoms with Crippen molar-refractivity contribution < 1.29 is 0 Å². The smallest absolute Gasteiger partial charge is 0.0863 e. The second kappa shape index (κ2) is 3.46. The Morgan fingerprint density at radius 1 is 1.29 bits per heavy atom. The molecule has 3 heteroatoms. The van der Waals surface area contributed by atoms with Crippen LogP contribution in [0.2, 0.25) is 5.02 Å². The first kappa shape index (κ1) is 9.28. The summed E-state index contributed by atoms with van der Waals surface area (Å²) in [5.41, 5.74) is 4.51. The summed E-state index contributed by atoms with van der Waals surface area (Å²) in [6, 6.07) is 6.15. The second-order valence-electron chi connectivity index (χ2n) is 3.34. The number of benzene rings is 1. The number of hydrogen-bond acceptors (Lipinski definition) is 1. The maximum absolute atomic E-state index is 6.00. The largest absolute Gasteiger partial charge is 0.276 e. The molecule has 0 radical (unpaired) electrons. The first-order valence-corrected chi connectivity index (χ1v) is 4.83. The van der Waals surface area contributed by atoms with E-state index in [1.54, 1.807) is 6.20 Å². The minimum Gasteiger partial charge on any atom is -0.276 e. The Bertz CT molecular complexity index is 460. The van der Waals surface area contributed by atoms with Crippen molar-refractivity contribution in [1.82, 2.24) is 10.2 Å². The van der Waals surface area contributed by atoms with Gasteiger partial charge in [-0.3, -0.25) is 5.10 Å². The van der Waals surface area contributed by atoms with Crippen molar-refractivity contribution in [3.8, 4) is 11.3 Å². The lowest BCUT2D eigenvalue weighted by Gasteiger charge is -2.06. The molecule has 0 aliphatic rings. The molecule has 1 N–H and O–H groups in total. The Hall–Kier alpha value is -1.28. The third-order valence-electron chi connectivity index (χ3n) is 2.47. The molecule has 14 heavy (non-hydrogen) atoms. The van der Waals surface area contributed by atoms with Gasteiger partial charge in [-0.25, -0.2) is 0 Å². The highest BCUT2D eigenvalue weighted by Crippen LogP contribution is 2.28. The monoisotopic (exact) mass is 206 g/mol. The zero-order valence-corrected chi connectivity index (χ0v) is 8.89. The van der Waals surface area contributed by atoms with Gasteiger partial charge in [0.2, 0.25) is 0 Å². The van der Waals surface area contributed by atoms with Gasteiger partial charge < -0.3 is 0 Å². The van der Waals surface area contributed by atoms with E-state index in [1.807, 2.05) is 12.1 Å². The summed E-state index contributed by atoms with van der Waals surface area (Å²) in [4.78, 5) is 0. The van der Waals surface area contributed by atoms with E-state index >= 15 is 0 Å². The number of aromatic nitrogens is 2. The van der Waals surface area contributed by atoms with Gasteiger partial charge in [0.05, 0.1) is 16.9 Å². The molecule has 2 rings (SSSR count). The summed E-state index contributed by atoms with van der Waals surface area (Å²) in [7, 11) is 0. The number of H-pyrrole nitrogens is 1. The summed E-state index contributed by atoms with van der Waals surface area (Å²) in [5, 5.41) is 7.49. The molecule has 0 aliphatic carbocycles. The highest BCUT2D eigenvalue weighted by Gasteiger charge is 2.08. The highest BCUT2D eigenvalue weighted by molar-refractivity contribution is 6.33. The molecule has 2 aromatic rings. The van der Waals surface area contributed by atoms with Crippen LogP contribution in [0.4, 0.5) is 0 Å². The van der Waals surface area contributed by atoms with E-state index < -0.39 is 0 Å². The standard InChI is InChI=1S/C11H11ClN2/c1-7-4-3-5-9(8(7)2)11-10(12)6-13-14-11/h3-6H,1-2H3,(H,13,14). The molecule has 0 atom stereocenters. The molecule has 0 saturated heterocycles. The fraction of sp³-hybridized carbons (Fsp3) is 0.182. The van der Waals surface area contributed by atoms with Crippen LogP contribution >= 0.6 is 11.6 Å². The SMILES string of the molecule is Cc1cccc(-c2[nH]ncc2Cl)c1C. The van der Waals surface area contributed by atoms with E-state index in [0.717, 1.165) is 11.3 Å². The van der Waals surface area contributed by atoms with E-state index in [4.69, 9.17) is 11.6 Å². The molecule has 0 amide bonds.